The van der Waals surface area contributed by atoms with Crippen LogP contribution in [0.2, 0.25) is 0 Å². The van der Waals surface area contributed by atoms with Gasteiger partial charge in [-0.2, -0.15) is 8.42 Å². The second-order valence-electron chi connectivity index (χ2n) is 6.68. The quantitative estimate of drug-likeness (QED) is 0.617. The van der Waals surface area contributed by atoms with E-state index >= 15 is 0 Å². The van der Waals surface area contributed by atoms with Gasteiger partial charge in [-0.25, -0.2) is 0 Å². The Morgan fingerprint density at radius 1 is 0.963 bits per heavy atom. The number of aryl methyl sites for hydroxylation is 1. The van der Waals surface area contributed by atoms with Crippen molar-refractivity contribution in [1.29, 1.82) is 0 Å². The van der Waals surface area contributed by atoms with Gasteiger partial charge in [0.05, 0.1) is 4.90 Å². The molecule has 3 aromatic rings. The van der Waals surface area contributed by atoms with E-state index in [0.717, 1.165) is 28.0 Å². The molecule has 1 unspecified atom stereocenters. The molecule has 0 saturated carbocycles. The predicted octanol–water partition coefficient (Wildman–Crippen LogP) is 4.37. The third-order valence-electron chi connectivity index (χ3n) is 4.63. The smallest absolute Gasteiger partial charge is 0.297 e. The van der Waals surface area contributed by atoms with Crippen LogP contribution in [-0.2, 0) is 20.7 Å². The maximum atomic E-state index is 12.3. The lowest BCUT2D eigenvalue weighted by Gasteiger charge is -2.12. The average Bonchev–Trinajstić information content (AvgIpc) is 3.10. The van der Waals surface area contributed by atoms with Gasteiger partial charge in [0, 0.05) is 6.42 Å². The summed E-state index contributed by atoms with van der Waals surface area (Å²) in [7, 11) is -3.78. The highest BCUT2D eigenvalue weighted by molar-refractivity contribution is 7.86. The summed E-state index contributed by atoms with van der Waals surface area (Å²) < 4.78 is 35.8. The summed E-state index contributed by atoms with van der Waals surface area (Å²) >= 11 is 0. The molecule has 0 radical (unpaired) electrons. The second-order valence-corrected chi connectivity index (χ2v) is 8.30. The highest BCUT2D eigenvalue weighted by Gasteiger charge is 2.26. The van der Waals surface area contributed by atoms with Crippen molar-refractivity contribution in [3.05, 3.63) is 83.9 Å². The third kappa shape index (κ3) is 3.89. The standard InChI is InChI=1S/C22H20O4S/c1-16-7-11-21(12-8-16)27(23,24)25-15-20-13-19-10-9-18(14-22(19)26-20)17-5-3-2-4-6-17/h2-12,14,20H,13,15H2,1H3. The lowest BCUT2D eigenvalue weighted by Crippen LogP contribution is -2.23. The molecule has 1 heterocycles. The van der Waals surface area contributed by atoms with Crippen LogP contribution in [0, 0.1) is 6.92 Å². The van der Waals surface area contributed by atoms with E-state index in [0.29, 0.717) is 6.42 Å². The number of benzene rings is 3. The first-order chi connectivity index (χ1) is 13.0. The summed E-state index contributed by atoms with van der Waals surface area (Å²) in [5.41, 5.74) is 4.25. The van der Waals surface area contributed by atoms with Gasteiger partial charge in [0.1, 0.15) is 18.5 Å². The molecule has 0 bridgehead atoms. The fourth-order valence-corrected chi connectivity index (χ4v) is 4.08. The molecule has 0 fully saturated rings. The first kappa shape index (κ1) is 17.8. The molecule has 138 valence electrons. The van der Waals surface area contributed by atoms with E-state index in [4.69, 9.17) is 8.92 Å². The maximum absolute atomic E-state index is 12.3. The van der Waals surface area contributed by atoms with Crippen molar-refractivity contribution in [3.8, 4) is 16.9 Å². The summed E-state index contributed by atoms with van der Waals surface area (Å²) in [6.07, 6.45) is 0.319. The van der Waals surface area contributed by atoms with Crippen molar-refractivity contribution in [1.82, 2.24) is 0 Å². The lowest BCUT2D eigenvalue weighted by atomic mass is 10.0. The molecule has 0 amide bonds. The van der Waals surface area contributed by atoms with Crippen LogP contribution < -0.4 is 4.74 Å². The molecule has 1 aliphatic rings. The predicted molar refractivity (Wildman–Crippen MR) is 104 cm³/mol. The molecular formula is C22H20O4S. The molecule has 0 N–H and O–H groups in total. The summed E-state index contributed by atoms with van der Waals surface area (Å²) in [6, 6.07) is 22.8. The van der Waals surface area contributed by atoms with Crippen molar-refractivity contribution in [2.24, 2.45) is 0 Å². The Bertz CT molecular complexity index is 1040. The van der Waals surface area contributed by atoms with Gasteiger partial charge in [0.25, 0.3) is 10.1 Å². The Morgan fingerprint density at radius 3 is 2.44 bits per heavy atom. The average molecular weight is 380 g/mol. The van der Waals surface area contributed by atoms with Gasteiger partial charge in [-0.3, -0.25) is 4.18 Å². The maximum Gasteiger partial charge on any atom is 0.297 e. The van der Waals surface area contributed by atoms with Crippen LogP contribution in [-0.4, -0.2) is 21.1 Å². The van der Waals surface area contributed by atoms with E-state index in [1.807, 2.05) is 49.4 Å². The number of hydrogen-bond donors (Lipinski definition) is 0. The minimum atomic E-state index is -3.78. The van der Waals surface area contributed by atoms with Crippen LogP contribution in [0.5, 0.6) is 5.75 Å². The molecule has 4 nitrogen and oxygen atoms in total. The Kier molecular flexibility index (Phi) is 4.72. The largest absolute Gasteiger partial charge is 0.487 e. The highest BCUT2D eigenvalue weighted by atomic mass is 32.2. The molecule has 5 heteroatoms. The van der Waals surface area contributed by atoms with Gasteiger partial charge >= 0.3 is 0 Å². The number of hydrogen-bond acceptors (Lipinski definition) is 4. The molecule has 27 heavy (non-hydrogen) atoms. The van der Waals surface area contributed by atoms with Gasteiger partial charge in [0.2, 0.25) is 0 Å². The molecule has 4 rings (SSSR count). The fraction of sp³-hybridized carbons (Fsp3) is 0.182. The van der Waals surface area contributed by atoms with Crippen LogP contribution >= 0.6 is 0 Å². The van der Waals surface area contributed by atoms with Crippen molar-refractivity contribution in [3.63, 3.8) is 0 Å². The topological polar surface area (TPSA) is 52.6 Å². The van der Waals surface area contributed by atoms with Gasteiger partial charge in [0.15, 0.2) is 0 Å². The van der Waals surface area contributed by atoms with Gasteiger partial charge < -0.3 is 4.74 Å². The van der Waals surface area contributed by atoms with Crippen molar-refractivity contribution in [2.45, 2.75) is 24.3 Å². The molecule has 0 aliphatic carbocycles. The third-order valence-corrected chi connectivity index (χ3v) is 5.93. The van der Waals surface area contributed by atoms with Crippen LogP contribution in [0.4, 0.5) is 0 Å². The van der Waals surface area contributed by atoms with E-state index in [1.54, 1.807) is 24.3 Å². The van der Waals surface area contributed by atoms with Crippen molar-refractivity contribution in [2.75, 3.05) is 6.61 Å². The normalized spacial score (nSPS) is 16.0. The summed E-state index contributed by atoms with van der Waals surface area (Å²) in [4.78, 5) is 0.162. The first-order valence-corrected chi connectivity index (χ1v) is 10.2. The van der Waals surface area contributed by atoms with Gasteiger partial charge in [-0.1, -0.05) is 60.2 Å². The van der Waals surface area contributed by atoms with E-state index in [9.17, 15) is 8.42 Å². The Labute approximate surface area is 159 Å². The van der Waals surface area contributed by atoms with E-state index in [-0.39, 0.29) is 17.6 Å². The van der Waals surface area contributed by atoms with Crippen LogP contribution in [0.1, 0.15) is 11.1 Å². The van der Waals surface area contributed by atoms with E-state index < -0.39 is 10.1 Å². The zero-order chi connectivity index (χ0) is 18.9. The Morgan fingerprint density at radius 2 is 1.70 bits per heavy atom. The summed E-state index contributed by atoms with van der Waals surface area (Å²) in [5.74, 6) is 0.790. The minimum Gasteiger partial charge on any atom is -0.487 e. The Hall–Kier alpha value is -2.63. The SMILES string of the molecule is Cc1ccc(S(=O)(=O)OCC2Cc3ccc(-c4ccccc4)cc3O2)cc1. The van der Waals surface area contributed by atoms with Gasteiger partial charge in [-0.05, 0) is 41.8 Å². The van der Waals surface area contributed by atoms with Crippen LogP contribution in [0.25, 0.3) is 11.1 Å². The van der Waals surface area contributed by atoms with Crippen molar-refractivity contribution >= 4 is 10.1 Å². The minimum absolute atomic E-state index is 0.00837. The molecule has 0 saturated heterocycles. The Balaban J connectivity index is 1.43. The molecule has 1 aliphatic heterocycles. The summed E-state index contributed by atoms with van der Waals surface area (Å²) in [5, 5.41) is 0. The highest BCUT2D eigenvalue weighted by Crippen LogP contribution is 2.33. The molecule has 1 atom stereocenters. The summed E-state index contributed by atoms with van der Waals surface area (Å²) in [6.45, 7) is 1.90. The number of rotatable bonds is 5. The fourth-order valence-electron chi connectivity index (χ4n) is 3.14. The lowest BCUT2D eigenvalue weighted by molar-refractivity contribution is 0.152. The van der Waals surface area contributed by atoms with E-state index in [2.05, 4.69) is 6.07 Å². The second kappa shape index (κ2) is 7.18. The number of ether oxygens (including phenoxy) is 1. The molecule has 3 aromatic carbocycles. The van der Waals surface area contributed by atoms with Crippen molar-refractivity contribution < 1.29 is 17.3 Å². The number of fused-ring (bicyclic) bond motifs is 1. The van der Waals surface area contributed by atoms with E-state index in [1.165, 1.54) is 0 Å². The van der Waals surface area contributed by atoms with Crippen LogP contribution in [0.3, 0.4) is 0 Å². The van der Waals surface area contributed by atoms with Crippen LogP contribution in [0.15, 0.2) is 77.7 Å². The molecule has 0 aromatic heterocycles. The first-order valence-electron chi connectivity index (χ1n) is 8.82. The zero-order valence-corrected chi connectivity index (χ0v) is 15.8. The van der Waals surface area contributed by atoms with Gasteiger partial charge in [-0.15, -0.1) is 0 Å². The molecule has 0 spiro atoms. The zero-order valence-electron chi connectivity index (χ0n) is 15.0. The molecular weight excluding hydrogens is 360 g/mol. The monoisotopic (exact) mass is 380 g/mol.